The quantitative estimate of drug-likeness (QED) is 0.242. The number of aliphatic hydroxyl groups is 1. The molecule has 6 nitrogen and oxygen atoms in total. The molecule has 42 heavy (non-hydrogen) atoms. The lowest BCUT2D eigenvalue weighted by atomic mass is 9.70. The molecule has 1 heterocycles. The van der Waals surface area contributed by atoms with E-state index in [4.69, 9.17) is 16.3 Å². The Balaban J connectivity index is 1.63. The molecule has 2 N–H and O–H groups in total. The number of carbonyl (C=O) groups excluding carboxylic acids is 1. The minimum absolute atomic E-state index is 0.0936. The Labute approximate surface area is 258 Å². The van der Waals surface area contributed by atoms with Gasteiger partial charge < -0.3 is 14.7 Å². The van der Waals surface area contributed by atoms with E-state index in [1.165, 1.54) is 11.1 Å². The van der Waals surface area contributed by atoms with Gasteiger partial charge in [-0.15, -0.1) is 13.2 Å². The predicted octanol–water partition coefficient (Wildman–Crippen LogP) is 6.84. The van der Waals surface area contributed by atoms with Crippen molar-refractivity contribution in [1.29, 1.82) is 0 Å². The highest BCUT2D eigenvalue weighted by atomic mass is 35.5. The summed E-state index contributed by atoms with van der Waals surface area (Å²) in [6.07, 6.45) is 7.56. The minimum atomic E-state index is -1.53. The van der Waals surface area contributed by atoms with Crippen molar-refractivity contribution in [2.75, 3.05) is 24.6 Å². The number of carbonyl (C=O) groups is 1. The Morgan fingerprint density at radius 3 is 2.69 bits per heavy atom. The first-order chi connectivity index (χ1) is 20.2. The highest BCUT2D eigenvalue weighted by Crippen LogP contribution is 2.42. The molecule has 1 aliphatic carbocycles. The molecular weight excluding hydrogens is 568 g/mol. The number of halogens is 1. The molecule has 228 valence electrons. The number of aryl methyl sites for hydroxylation is 1. The molecule has 0 spiro atoms. The molecule has 0 bridgehead atoms. The molecule has 7 atom stereocenters. The van der Waals surface area contributed by atoms with Gasteiger partial charge in [-0.05, 0) is 91.8 Å². The number of rotatable bonds is 13. The minimum Gasteiger partial charge on any atom is -0.491 e. The maximum absolute atomic E-state index is 13.3. The Hall–Kier alpha value is -2.61. The summed E-state index contributed by atoms with van der Waals surface area (Å²) >= 11 is 6.38. The number of fused-ring (bicyclic) bond motifs is 1. The van der Waals surface area contributed by atoms with Crippen molar-refractivity contribution in [2.45, 2.75) is 70.1 Å². The van der Waals surface area contributed by atoms with Gasteiger partial charge >= 0.3 is 0 Å². The summed E-state index contributed by atoms with van der Waals surface area (Å²) in [4.78, 5) is 15.6. The van der Waals surface area contributed by atoms with Crippen LogP contribution in [0.5, 0.6) is 5.75 Å². The SMILES string of the molecule is C=CCC(C)C(C)S(=O)NC(=O)c1ccc2c(c1)N(CC1CCC1C(O)C=C)CC(c1ccc(Cl)cc1CCC)CO2. The zero-order chi connectivity index (χ0) is 30.4. The van der Waals surface area contributed by atoms with E-state index < -0.39 is 17.1 Å². The van der Waals surface area contributed by atoms with E-state index in [0.717, 1.165) is 49.4 Å². The van der Waals surface area contributed by atoms with E-state index in [9.17, 15) is 14.1 Å². The number of hydrogen-bond donors (Lipinski definition) is 2. The molecule has 0 radical (unpaired) electrons. The van der Waals surface area contributed by atoms with Crippen LogP contribution < -0.4 is 14.4 Å². The summed E-state index contributed by atoms with van der Waals surface area (Å²) in [6.45, 7) is 15.6. The number of nitrogens with zero attached hydrogens (tertiary/aromatic N) is 1. The summed E-state index contributed by atoms with van der Waals surface area (Å²) in [5.41, 5.74) is 3.74. The third-order valence-corrected chi connectivity index (χ3v) is 10.8. The van der Waals surface area contributed by atoms with E-state index in [1.807, 2.05) is 38.1 Å². The van der Waals surface area contributed by atoms with Crippen LogP contribution in [0.4, 0.5) is 5.69 Å². The van der Waals surface area contributed by atoms with Crippen LogP contribution in [0, 0.1) is 17.8 Å². The Bertz CT molecular complexity index is 1300. The molecule has 1 aliphatic heterocycles. The number of allylic oxidation sites excluding steroid dienone is 1. The van der Waals surface area contributed by atoms with Gasteiger partial charge in [-0.3, -0.25) is 9.52 Å². The lowest BCUT2D eigenvalue weighted by molar-refractivity contribution is 0.0465. The third kappa shape index (κ3) is 7.47. The normalized spacial score (nSPS) is 22.8. The third-order valence-electron chi connectivity index (χ3n) is 8.99. The molecule has 2 aromatic carbocycles. The van der Waals surface area contributed by atoms with Gasteiger partial charge in [0.25, 0.3) is 5.91 Å². The van der Waals surface area contributed by atoms with Gasteiger partial charge in [0.1, 0.15) is 16.7 Å². The number of amides is 1. The molecule has 0 aromatic heterocycles. The number of anilines is 1. The second kappa shape index (κ2) is 14.7. The van der Waals surface area contributed by atoms with Crippen molar-refractivity contribution in [2.24, 2.45) is 17.8 Å². The molecular formula is C34H45ClN2O4S. The average Bonchev–Trinajstić information content (AvgIpc) is 3.14. The maximum Gasteiger partial charge on any atom is 0.263 e. The molecule has 1 amide bonds. The molecule has 8 heteroatoms. The first-order valence-corrected chi connectivity index (χ1v) is 16.7. The van der Waals surface area contributed by atoms with Crippen molar-refractivity contribution in [3.05, 3.63) is 83.4 Å². The fourth-order valence-electron chi connectivity index (χ4n) is 6.09. The number of hydrogen-bond acceptors (Lipinski definition) is 5. The standard InChI is InChI=1S/C34H45ClN2O4S/c1-6-9-22(4)23(5)42(40)36-34(39)25-12-16-33-31(18-25)37(19-26-11-14-30(26)32(38)8-3)20-27(21-41-33)29-15-13-28(35)17-24(29)10-7-2/h6,8,12-13,15-18,22-23,26-27,30,32,38H,1,3,7,9-11,14,19-21H2,2,4-5H3,(H,36,39). The zero-order valence-corrected chi connectivity index (χ0v) is 26.6. The van der Waals surface area contributed by atoms with Gasteiger partial charge in [0, 0.05) is 29.6 Å². The smallest absolute Gasteiger partial charge is 0.263 e. The van der Waals surface area contributed by atoms with Gasteiger partial charge in [-0.2, -0.15) is 0 Å². The molecule has 2 aromatic rings. The van der Waals surface area contributed by atoms with Crippen LogP contribution in [0.3, 0.4) is 0 Å². The summed E-state index contributed by atoms with van der Waals surface area (Å²) in [6, 6.07) is 11.6. The maximum atomic E-state index is 13.3. The van der Waals surface area contributed by atoms with Crippen molar-refractivity contribution >= 4 is 34.2 Å². The van der Waals surface area contributed by atoms with Crippen LogP contribution in [-0.2, 0) is 17.4 Å². The fraction of sp³-hybridized carbons (Fsp3) is 0.500. The van der Waals surface area contributed by atoms with Crippen molar-refractivity contribution in [3.63, 3.8) is 0 Å². The van der Waals surface area contributed by atoms with Gasteiger partial charge in [-0.1, -0.05) is 50.1 Å². The molecule has 7 unspecified atom stereocenters. The van der Waals surface area contributed by atoms with Crippen molar-refractivity contribution in [3.8, 4) is 5.75 Å². The van der Waals surface area contributed by atoms with E-state index in [1.54, 1.807) is 12.1 Å². The number of nitrogens with one attached hydrogen (secondary N) is 1. The van der Waals surface area contributed by atoms with Crippen LogP contribution >= 0.6 is 11.6 Å². The first kappa shape index (κ1) is 32.3. The monoisotopic (exact) mass is 612 g/mol. The summed E-state index contributed by atoms with van der Waals surface area (Å²) < 4.78 is 22.1. The highest BCUT2D eigenvalue weighted by Gasteiger charge is 2.38. The number of aliphatic hydroxyl groups excluding tert-OH is 1. The summed E-state index contributed by atoms with van der Waals surface area (Å²) in [5, 5.41) is 11.1. The van der Waals surface area contributed by atoms with E-state index in [0.29, 0.717) is 30.4 Å². The average molecular weight is 613 g/mol. The van der Waals surface area contributed by atoms with Crippen molar-refractivity contribution < 1.29 is 18.8 Å². The van der Waals surface area contributed by atoms with Crippen LogP contribution in [-0.4, -0.2) is 46.3 Å². The molecule has 2 aliphatic rings. The number of benzene rings is 2. The lowest BCUT2D eigenvalue weighted by Gasteiger charge is -2.42. The lowest BCUT2D eigenvalue weighted by Crippen LogP contribution is -2.44. The first-order valence-electron chi connectivity index (χ1n) is 15.1. The second-order valence-electron chi connectivity index (χ2n) is 11.9. The van der Waals surface area contributed by atoms with Gasteiger partial charge in [0.15, 0.2) is 0 Å². The van der Waals surface area contributed by atoms with E-state index in [-0.39, 0.29) is 28.9 Å². The fourth-order valence-corrected chi connectivity index (χ4v) is 7.31. The topological polar surface area (TPSA) is 78.9 Å². The molecule has 1 fully saturated rings. The highest BCUT2D eigenvalue weighted by molar-refractivity contribution is 7.84. The van der Waals surface area contributed by atoms with Crippen LogP contribution in [0.15, 0.2) is 61.7 Å². The summed E-state index contributed by atoms with van der Waals surface area (Å²) in [5.74, 6) is 1.02. The van der Waals surface area contributed by atoms with Gasteiger partial charge in [-0.25, -0.2) is 4.21 Å². The molecule has 4 rings (SSSR count). The van der Waals surface area contributed by atoms with Crippen LogP contribution in [0.2, 0.25) is 5.02 Å². The largest absolute Gasteiger partial charge is 0.491 e. The Morgan fingerprint density at radius 1 is 1.24 bits per heavy atom. The van der Waals surface area contributed by atoms with E-state index in [2.05, 4.69) is 41.8 Å². The van der Waals surface area contributed by atoms with Crippen LogP contribution in [0.1, 0.15) is 73.9 Å². The Kier molecular flexibility index (Phi) is 11.3. The number of ether oxygens (including phenoxy) is 1. The Morgan fingerprint density at radius 2 is 2.02 bits per heavy atom. The van der Waals surface area contributed by atoms with Crippen LogP contribution in [0.25, 0.3) is 0 Å². The van der Waals surface area contributed by atoms with Crippen molar-refractivity contribution in [1.82, 2.24) is 4.72 Å². The predicted molar refractivity (Wildman–Crippen MR) is 174 cm³/mol. The zero-order valence-electron chi connectivity index (χ0n) is 25.1. The molecule has 1 saturated carbocycles. The molecule has 0 saturated heterocycles. The van der Waals surface area contributed by atoms with Gasteiger partial charge in [0.05, 0.1) is 23.6 Å². The van der Waals surface area contributed by atoms with Gasteiger partial charge in [0.2, 0.25) is 0 Å². The summed E-state index contributed by atoms with van der Waals surface area (Å²) in [7, 11) is -1.53. The van der Waals surface area contributed by atoms with E-state index >= 15 is 0 Å². The second-order valence-corrected chi connectivity index (χ2v) is 13.8.